The summed E-state index contributed by atoms with van der Waals surface area (Å²) in [5.41, 5.74) is 0.417. The van der Waals surface area contributed by atoms with E-state index < -0.39 is 0 Å². The lowest BCUT2D eigenvalue weighted by atomic mass is 9.81. The summed E-state index contributed by atoms with van der Waals surface area (Å²) in [5.74, 6) is 0. The van der Waals surface area contributed by atoms with Gasteiger partial charge >= 0.3 is 0 Å². The summed E-state index contributed by atoms with van der Waals surface area (Å²) < 4.78 is 0. The Morgan fingerprint density at radius 1 is 1.12 bits per heavy atom. The van der Waals surface area contributed by atoms with Gasteiger partial charge in [0, 0.05) is 19.7 Å². The van der Waals surface area contributed by atoms with Gasteiger partial charge in [-0.3, -0.25) is 0 Å². The summed E-state index contributed by atoms with van der Waals surface area (Å²) in [6, 6.07) is 0. The maximum Gasteiger partial charge on any atom is 0.0431 e. The van der Waals surface area contributed by atoms with Crippen molar-refractivity contribution in [3.63, 3.8) is 0 Å². The molecule has 0 saturated heterocycles. The lowest BCUT2D eigenvalue weighted by Gasteiger charge is -2.35. The Bertz CT molecular complexity index is 170. The maximum absolute atomic E-state index is 8.74. The van der Waals surface area contributed by atoms with Crippen LogP contribution in [0.5, 0.6) is 0 Å². The van der Waals surface area contributed by atoms with Crippen molar-refractivity contribution in [3.05, 3.63) is 0 Å². The summed E-state index contributed by atoms with van der Waals surface area (Å²) >= 11 is 0. The molecule has 0 aromatic heterocycles. The first-order valence-electron chi connectivity index (χ1n) is 7.08. The topological polar surface area (TPSA) is 35.5 Å². The Labute approximate surface area is 108 Å². The number of aliphatic hydroxyl groups is 1. The zero-order valence-corrected chi connectivity index (χ0v) is 12.3. The van der Waals surface area contributed by atoms with E-state index in [-0.39, 0.29) is 0 Å². The molecule has 0 aliphatic heterocycles. The molecule has 0 aromatic rings. The standard InChI is InChI=1S/C14H32N2O/c1-5-14(6-2,12-15-3)13-16(4)10-8-7-9-11-17/h15,17H,5-13H2,1-4H3. The Balaban J connectivity index is 3.98. The fraction of sp³-hybridized carbons (Fsp3) is 1.00. The summed E-state index contributed by atoms with van der Waals surface area (Å²) in [6.45, 7) is 8.32. The largest absolute Gasteiger partial charge is 0.396 e. The number of hydrogen-bond acceptors (Lipinski definition) is 3. The van der Waals surface area contributed by atoms with E-state index in [0.29, 0.717) is 12.0 Å². The Morgan fingerprint density at radius 2 is 1.76 bits per heavy atom. The molecule has 0 atom stereocenters. The first-order chi connectivity index (χ1) is 8.14. The first kappa shape index (κ1) is 16.9. The number of nitrogens with one attached hydrogen (secondary N) is 1. The third kappa shape index (κ3) is 7.02. The second kappa shape index (κ2) is 9.86. The van der Waals surface area contributed by atoms with Crippen LogP contribution in [0.3, 0.4) is 0 Å². The number of hydrogen-bond donors (Lipinski definition) is 2. The summed E-state index contributed by atoms with van der Waals surface area (Å²) in [7, 11) is 4.26. The number of nitrogens with zero attached hydrogens (tertiary/aromatic N) is 1. The molecule has 0 saturated carbocycles. The van der Waals surface area contributed by atoms with Gasteiger partial charge in [-0.25, -0.2) is 0 Å². The fourth-order valence-corrected chi connectivity index (χ4v) is 2.48. The van der Waals surface area contributed by atoms with E-state index in [1.807, 2.05) is 7.05 Å². The van der Waals surface area contributed by atoms with Gasteiger partial charge in [-0.2, -0.15) is 0 Å². The van der Waals surface area contributed by atoms with Gasteiger partial charge in [0.1, 0.15) is 0 Å². The molecule has 0 aromatic carbocycles. The minimum atomic E-state index is 0.331. The van der Waals surface area contributed by atoms with Gasteiger partial charge in [0.05, 0.1) is 0 Å². The minimum Gasteiger partial charge on any atom is -0.396 e. The van der Waals surface area contributed by atoms with E-state index in [1.165, 1.54) is 25.8 Å². The van der Waals surface area contributed by atoms with Crippen LogP contribution in [0.2, 0.25) is 0 Å². The van der Waals surface area contributed by atoms with Crippen molar-refractivity contribution in [1.82, 2.24) is 10.2 Å². The van der Waals surface area contributed by atoms with E-state index in [9.17, 15) is 0 Å². The Morgan fingerprint density at radius 3 is 2.24 bits per heavy atom. The van der Waals surface area contributed by atoms with E-state index in [4.69, 9.17) is 5.11 Å². The van der Waals surface area contributed by atoms with Crippen LogP contribution in [0.4, 0.5) is 0 Å². The van der Waals surface area contributed by atoms with Crippen molar-refractivity contribution in [2.24, 2.45) is 5.41 Å². The molecule has 3 heteroatoms. The van der Waals surface area contributed by atoms with Crippen LogP contribution in [0, 0.1) is 5.41 Å². The third-order valence-corrected chi connectivity index (χ3v) is 3.86. The fourth-order valence-electron chi connectivity index (χ4n) is 2.48. The molecule has 0 amide bonds. The highest BCUT2D eigenvalue weighted by molar-refractivity contribution is 4.81. The Kier molecular flexibility index (Phi) is 9.79. The van der Waals surface area contributed by atoms with Crippen molar-refractivity contribution in [2.75, 3.05) is 40.3 Å². The van der Waals surface area contributed by atoms with Gasteiger partial charge < -0.3 is 15.3 Å². The zero-order valence-electron chi connectivity index (χ0n) is 12.3. The molecule has 0 rings (SSSR count). The van der Waals surface area contributed by atoms with E-state index in [0.717, 1.165) is 25.9 Å². The summed E-state index contributed by atoms with van der Waals surface area (Å²) in [4.78, 5) is 2.45. The monoisotopic (exact) mass is 244 g/mol. The molecule has 0 aliphatic rings. The van der Waals surface area contributed by atoms with Gasteiger partial charge in [0.2, 0.25) is 0 Å². The second-order valence-corrected chi connectivity index (χ2v) is 5.26. The molecule has 0 radical (unpaired) electrons. The van der Waals surface area contributed by atoms with Crippen LogP contribution in [-0.2, 0) is 0 Å². The van der Waals surface area contributed by atoms with Crippen LogP contribution >= 0.6 is 0 Å². The Hall–Kier alpha value is -0.120. The average Bonchev–Trinajstić information content (AvgIpc) is 2.34. The molecule has 2 N–H and O–H groups in total. The van der Waals surface area contributed by atoms with Crippen molar-refractivity contribution in [1.29, 1.82) is 0 Å². The molecule has 0 heterocycles. The SMILES string of the molecule is CCC(CC)(CNC)CN(C)CCCCCO. The third-order valence-electron chi connectivity index (χ3n) is 3.86. The molecular formula is C14H32N2O. The predicted octanol–water partition coefficient (Wildman–Crippen LogP) is 2.11. The highest BCUT2D eigenvalue weighted by Gasteiger charge is 2.26. The molecule has 3 nitrogen and oxygen atoms in total. The minimum absolute atomic E-state index is 0.331. The zero-order chi connectivity index (χ0) is 13.1. The number of unbranched alkanes of at least 4 members (excludes halogenated alkanes) is 2. The first-order valence-corrected chi connectivity index (χ1v) is 7.08. The smallest absolute Gasteiger partial charge is 0.0431 e. The lowest BCUT2D eigenvalue weighted by Crippen LogP contribution is -2.41. The van der Waals surface area contributed by atoms with Crippen LogP contribution in [0.1, 0.15) is 46.0 Å². The molecular weight excluding hydrogens is 212 g/mol. The molecule has 0 spiro atoms. The van der Waals surface area contributed by atoms with Crippen molar-refractivity contribution in [2.45, 2.75) is 46.0 Å². The van der Waals surface area contributed by atoms with Crippen LogP contribution in [0.15, 0.2) is 0 Å². The number of aliphatic hydroxyl groups excluding tert-OH is 1. The van der Waals surface area contributed by atoms with Crippen molar-refractivity contribution in [3.8, 4) is 0 Å². The molecule has 0 bridgehead atoms. The van der Waals surface area contributed by atoms with Gasteiger partial charge in [-0.05, 0) is 58.2 Å². The highest BCUT2D eigenvalue weighted by atomic mass is 16.2. The molecule has 0 fully saturated rings. The lowest BCUT2D eigenvalue weighted by molar-refractivity contribution is 0.155. The normalized spacial score (nSPS) is 12.4. The van der Waals surface area contributed by atoms with Crippen LogP contribution in [-0.4, -0.2) is 50.3 Å². The van der Waals surface area contributed by atoms with Crippen molar-refractivity contribution < 1.29 is 5.11 Å². The maximum atomic E-state index is 8.74. The van der Waals surface area contributed by atoms with Gasteiger partial charge in [0.15, 0.2) is 0 Å². The quantitative estimate of drug-likeness (QED) is 0.546. The van der Waals surface area contributed by atoms with E-state index in [1.54, 1.807) is 0 Å². The summed E-state index contributed by atoms with van der Waals surface area (Å²) in [5, 5.41) is 12.1. The van der Waals surface area contributed by atoms with E-state index in [2.05, 4.69) is 31.1 Å². The van der Waals surface area contributed by atoms with Gasteiger partial charge in [0.25, 0.3) is 0 Å². The molecule has 17 heavy (non-hydrogen) atoms. The number of rotatable bonds is 11. The highest BCUT2D eigenvalue weighted by Crippen LogP contribution is 2.26. The predicted molar refractivity (Wildman–Crippen MR) is 75.4 cm³/mol. The molecule has 104 valence electrons. The van der Waals surface area contributed by atoms with Gasteiger partial charge in [-0.15, -0.1) is 0 Å². The second-order valence-electron chi connectivity index (χ2n) is 5.26. The average molecular weight is 244 g/mol. The van der Waals surface area contributed by atoms with Gasteiger partial charge in [-0.1, -0.05) is 13.8 Å². The molecule has 0 aliphatic carbocycles. The van der Waals surface area contributed by atoms with Crippen molar-refractivity contribution >= 4 is 0 Å². The van der Waals surface area contributed by atoms with Crippen LogP contribution in [0.25, 0.3) is 0 Å². The van der Waals surface area contributed by atoms with Crippen LogP contribution < -0.4 is 5.32 Å². The molecule has 0 unspecified atom stereocenters. The summed E-state index contributed by atoms with van der Waals surface area (Å²) in [6.07, 6.45) is 5.73. The van der Waals surface area contributed by atoms with E-state index >= 15 is 0 Å².